The molecule has 1 atom stereocenters. The maximum Gasteiger partial charge on any atom is 0.370 e. The summed E-state index contributed by atoms with van der Waals surface area (Å²) in [4.78, 5) is 19.6. The normalized spacial score (nSPS) is 10.3. The number of aliphatic carboxylic acids is 1. The van der Waals surface area contributed by atoms with Gasteiger partial charge in [-0.3, -0.25) is 0 Å². The van der Waals surface area contributed by atoms with Gasteiger partial charge in [-0.2, -0.15) is 0 Å². The maximum atomic E-state index is 10.3. The Morgan fingerprint density at radius 1 is 1.47 bits per heavy atom. The molecule has 0 radical (unpaired) electrons. The van der Waals surface area contributed by atoms with E-state index >= 15 is 0 Å². The SMILES string of the molecule is C=C(O)C(=O)O.C=CC(=O)OC(O)CC. The summed E-state index contributed by atoms with van der Waals surface area (Å²) in [6, 6.07) is 0. The van der Waals surface area contributed by atoms with Crippen molar-refractivity contribution in [3.8, 4) is 0 Å². The molecule has 86 valence electrons. The van der Waals surface area contributed by atoms with E-state index in [0.29, 0.717) is 6.42 Å². The Morgan fingerprint density at radius 3 is 2.07 bits per heavy atom. The average molecular weight is 218 g/mol. The van der Waals surface area contributed by atoms with Crippen LogP contribution in [-0.4, -0.2) is 33.5 Å². The number of carbonyl (C=O) groups excluding carboxylic acids is 1. The molecular formula is C9H14O6. The second kappa shape index (κ2) is 8.76. The van der Waals surface area contributed by atoms with Gasteiger partial charge in [0.05, 0.1) is 0 Å². The van der Waals surface area contributed by atoms with Gasteiger partial charge < -0.3 is 20.1 Å². The molecule has 0 saturated heterocycles. The molecule has 6 heteroatoms. The molecule has 15 heavy (non-hydrogen) atoms. The third-order valence-corrected chi connectivity index (χ3v) is 1.01. The number of carboxylic acids is 1. The van der Waals surface area contributed by atoms with Gasteiger partial charge in [0.25, 0.3) is 0 Å². The quantitative estimate of drug-likeness (QED) is 0.276. The highest BCUT2D eigenvalue weighted by molar-refractivity contribution is 5.82. The fraction of sp³-hybridized carbons (Fsp3) is 0.333. The van der Waals surface area contributed by atoms with Crippen LogP contribution in [0.1, 0.15) is 13.3 Å². The van der Waals surface area contributed by atoms with Gasteiger partial charge >= 0.3 is 11.9 Å². The molecule has 0 aliphatic rings. The van der Waals surface area contributed by atoms with Crippen LogP contribution in [0.5, 0.6) is 0 Å². The van der Waals surface area contributed by atoms with Crippen LogP contribution in [-0.2, 0) is 14.3 Å². The summed E-state index contributed by atoms with van der Waals surface area (Å²) in [5.74, 6) is -2.80. The Labute approximate surface area is 87.1 Å². The van der Waals surface area contributed by atoms with Crippen LogP contribution in [0.4, 0.5) is 0 Å². The monoisotopic (exact) mass is 218 g/mol. The molecule has 1 unspecified atom stereocenters. The molecule has 0 aromatic heterocycles. The van der Waals surface area contributed by atoms with Crippen molar-refractivity contribution in [1.82, 2.24) is 0 Å². The predicted octanol–water partition coefficient (Wildman–Crippen LogP) is 0.587. The zero-order valence-corrected chi connectivity index (χ0v) is 8.34. The lowest BCUT2D eigenvalue weighted by molar-refractivity contribution is -0.161. The molecule has 0 saturated carbocycles. The highest BCUT2D eigenvalue weighted by atomic mass is 16.6. The number of hydrogen-bond donors (Lipinski definition) is 3. The Balaban J connectivity index is 0. The van der Waals surface area contributed by atoms with Crippen molar-refractivity contribution in [3.05, 3.63) is 25.0 Å². The topological polar surface area (TPSA) is 104 Å². The highest BCUT2D eigenvalue weighted by Gasteiger charge is 2.02. The summed E-state index contributed by atoms with van der Waals surface area (Å²) in [6.07, 6.45) is 0.425. The zero-order valence-electron chi connectivity index (χ0n) is 8.34. The van der Waals surface area contributed by atoms with Crippen molar-refractivity contribution in [3.63, 3.8) is 0 Å². The smallest absolute Gasteiger partial charge is 0.370 e. The Kier molecular flexibility index (Phi) is 9.14. The van der Waals surface area contributed by atoms with Gasteiger partial charge in [-0.15, -0.1) is 0 Å². The van der Waals surface area contributed by atoms with Crippen LogP contribution >= 0.6 is 0 Å². The molecule has 0 heterocycles. The van der Waals surface area contributed by atoms with E-state index in [9.17, 15) is 9.59 Å². The van der Waals surface area contributed by atoms with Gasteiger partial charge in [-0.1, -0.05) is 13.5 Å². The number of esters is 1. The van der Waals surface area contributed by atoms with Crippen molar-refractivity contribution < 1.29 is 29.6 Å². The molecule has 0 rings (SSSR count). The summed E-state index contributed by atoms with van der Waals surface area (Å²) in [7, 11) is 0. The molecular weight excluding hydrogens is 204 g/mol. The predicted molar refractivity (Wildman–Crippen MR) is 52.0 cm³/mol. The molecule has 0 aromatic carbocycles. The number of aliphatic hydroxyl groups excluding tert-OH is 2. The van der Waals surface area contributed by atoms with Gasteiger partial charge in [0.1, 0.15) is 0 Å². The van der Waals surface area contributed by atoms with Crippen molar-refractivity contribution >= 4 is 11.9 Å². The van der Waals surface area contributed by atoms with Gasteiger partial charge in [0.15, 0.2) is 5.76 Å². The third kappa shape index (κ3) is 12.2. The largest absolute Gasteiger partial charge is 0.502 e. The first-order valence-electron chi connectivity index (χ1n) is 3.97. The first-order valence-corrected chi connectivity index (χ1v) is 3.97. The van der Waals surface area contributed by atoms with Gasteiger partial charge in [-0.25, -0.2) is 9.59 Å². The van der Waals surface area contributed by atoms with E-state index in [4.69, 9.17) is 15.3 Å². The van der Waals surface area contributed by atoms with Crippen LogP contribution in [0.15, 0.2) is 25.0 Å². The molecule has 0 spiro atoms. The summed E-state index contributed by atoms with van der Waals surface area (Å²) in [5.41, 5.74) is 0. The second-order valence-corrected chi connectivity index (χ2v) is 2.26. The molecule has 0 aliphatic carbocycles. The van der Waals surface area contributed by atoms with E-state index < -0.39 is 24.0 Å². The van der Waals surface area contributed by atoms with E-state index in [0.717, 1.165) is 6.08 Å². The number of rotatable bonds is 4. The maximum absolute atomic E-state index is 10.3. The van der Waals surface area contributed by atoms with E-state index in [2.05, 4.69) is 17.9 Å². The van der Waals surface area contributed by atoms with Crippen LogP contribution in [0.3, 0.4) is 0 Å². The third-order valence-electron chi connectivity index (χ3n) is 1.01. The fourth-order valence-corrected chi connectivity index (χ4v) is 0.266. The van der Waals surface area contributed by atoms with Crippen LogP contribution in [0.2, 0.25) is 0 Å². The van der Waals surface area contributed by atoms with Crippen molar-refractivity contribution in [2.45, 2.75) is 19.6 Å². The summed E-state index contributed by atoms with van der Waals surface area (Å²) >= 11 is 0. The standard InChI is InChI=1S/C6H10O3.C3H4O3/c1-3-5(7)9-6(8)4-2;1-2(4)3(5)6/h3,6,8H,1,4H2,2H3;4H,1H2,(H,5,6). The summed E-state index contributed by atoms with van der Waals surface area (Å²) in [5, 5.41) is 24.1. The number of hydrogen-bond acceptors (Lipinski definition) is 5. The lowest BCUT2D eigenvalue weighted by Crippen LogP contribution is -2.14. The Morgan fingerprint density at radius 2 is 1.87 bits per heavy atom. The van der Waals surface area contributed by atoms with E-state index in [1.807, 2.05) is 0 Å². The first kappa shape index (κ1) is 15.6. The van der Waals surface area contributed by atoms with Crippen LogP contribution in [0.25, 0.3) is 0 Å². The summed E-state index contributed by atoms with van der Waals surface area (Å²) in [6.45, 7) is 7.58. The Hall–Kier alpha value is -1.82. The second-order valence-electron chi connectivity index (χ2n) is 2.26. The average Bonchev–Trinajstić information content (AvgIpc) is 2.18. The van der Waals surface area contributed by atoms with E-state index in [1.54, 1.807) is 6.92 Å². The number of aliphatic hydroxyl groups is 2. The number of carboxylic acid groups (broad SMARTS) is 1. The number of ether oxygens (including phenoxy) is 1. The molecule has 0 aromatic rings. The minimum Gasteiger partial charge on any atom is -0.502 e. The Bertz CT molecular complexity index is 233. The van der Waals surface area contributed by atoms with Crippen LogP contribution < -0.4 is 0 Å². The molecule has 0 bridgehead atoms. The van der Waals surface area contributed by atoms with Gasteiger partial charge in [-0.05, 0) is 6.58 Å². The molecule has 6 nitrogen and oxygen atoms in total. The zero-order chi connectivity index (χ0) is 12.4. The molecule has 0 amide bonds. The highest BCUT2D eigenvalue weighted by Crippen LogP contribution is 1.92. The molecule has 0 fully saturated rings. The van der Waals surface area contributed by atoms with Gasteiger partial charge in [0, 0.05) is 12.5 Å². The van der Waals surface area contributed by atoms with Gasteiger partial charge in [0.2, 0.25) is 6.29 Å². The molecule has 3 N–H and O–H groups in total. The van der Waals surface area contributed by atoms with Crippen molar-refractivity contribution in [1.29, 1.82) is 0 Å². The lowest BCUT2D eigenvalue weighted by Gasteiger charge is -2.05. The number of carbonyl (C=O) groups is 2. The van der Waals surface area contributed by atoms with E-state index in [-0.39, 0.29) is 0 Å². The minimum absolute atomic E-state index is 0.402. The van der Waals surface area contributed by atoms with E-state index in [1.165, 1.54) is 0 Å². The summed E-state index contributed by atoms with van der Waals surface area (Å²) < 4.78 is 4.35. The fourth-order valence-electron chi connectivity index (χ4n) is 0.266. The lowest BCUT2D eigenvalue weighted by atomic mass is 10.5. The van der Waals surface area contributed by atoms with Crippen LogP contribution in [0, 0.1) is 0 Å². The first-order chi connectivity index (χ1) is 6.84. The van der Waals surface area contributed by atoms with Crippen molar-refractivity contribution in [2.24, 2.45) is 0 Å². The minimum atomic E-state index is -1.38. The van der Waals surface area contributed by atoms with Crippen molar-refractivity contribution in [2.75, 3.05) is 0 Å². The molecule has 0 aliphatic heterocycles.